The van der Waals surface area contributed by atoms with Crippen LogP contribution in [0.2, 0.25) is 0 Å². The lowest BCUT2D eigenvalue weighted by Gasteiger charge is -2.50. The Hall–Kier alpha value is -0.830. The number of methoxy groups -OCH3 is 2. The molecule has 4 aliphatic carbocycles. The lowest BCUT2D eigenvalue weighted by atomic mass is 9.56. The van der Waals surface area contributed by atoms with E-state index < -0.39 is 0 Å². The summed E-state index contributed by atoms with van der Waals surface area (Å²) in [5.74, 6) is 5.34. The molecule has 122 valence electrons. The van der Waals surface area contributed by atoms with Gasteiger partial charge in [0.2, 0.25) is 0 Å². The van der Waals surface area contributed by atoms with E-state index in [4.69, 9.17) is 9.47 Å². The molecule has 3 saturated carbocycles. The van der Waals surface area contributed by atoms with E-state index in [9.17, 15) is 4.79 Å². The first-order valence-corrected chi connectivity index (χ1v) is 8.80. The van der Waals surface area contributed by atoms with Crippen LogP contribution in [0, 0.1) is 46.8 Å². The Labute approximate surface area is 133 Å². The third-order valence-corrected chi connectivity index (χ3v) is 8.05. The largest absolute Gasteiger partial charge is 0.469 e. The number of esters is 1. The van der Waals surface area contributed by atoms with E-state index in [2.05, 4.69) is 26.0 Å². The van der Waals surface area contributed by atoms with E-state index in [0.29, 0.717) is 18.3 Å². The third-order valence-electron chi connectivity index (χ3n) is 8.05. The molecule has 9 atom stereocenters. The zero-order valence-corrected chi connectivity index (χ0v) is 14.1. The van der Waals surface area contributed by atoms with Crippen molar-refractivity contribution in [2.75, 3.05) is 14.2 Å². The van der Waals surface area contributed by atoms with Crippen LogP contribution in [-0.2, 0) is 14.3 Å². The van der Waals surface area contributed by atoms with Gasteiger partial charge in [0.25, 0.3) is 0 Å². The van der Waals surface area contributed by atoms with Gasteiger partial charge in [-0.05, 0) is 54.3 Å². The summed E-state index contributed by atoms with van der Waals surface area (Å²) in [6.45, 7) is 4.78. The summed E-state index contributed by atoms with van der Waals surface area (Å²) in [5, 5.41) is 0. The van der Waals surface area contributed by atoms with E-state index in [1.54, 1.807) is 7.11 Å². The van der Waals surface area contributed by atoms with Gasteiger partial charge in [-0.1, -0.05) is 26.0 Å². The molecule has 0 radical (unpaired) electrons. The minimum Gasteiger partial charge on any atom is -0.469 e. The van der Waals surface area contributed by atoms with Crippen molar-refractivity contribution in [2.24, 2.45) is 46.8 Å². The smallest absolute Gasteiger partial charge is 0.308 e. The maximum atomic E-state index is 11.8. The van der Waals surface area contributed by atoms with Crippen LogP contribution in [0.25, 0.3) is 0 Å². The van der Waals surface area contributed by atoms with Crippen molar-refractivity contribution < 1.29 is 14.3 Å². The maximum Gasteiger partial charge on any atom is 0.308 e. The van der Waals surface area contributed by atoms with Crippen molar-refractivity contribution in [1.82, 2.24) is 0 Å². The molecule has 22 heavy (non-hydrogen) atoms. The number of ether oxygens (including phenoxy) is 2. The Morgan fingerprint density at radius 2 is 1.91 bits per heavy atom. The monoisotopic (exact) mass is 304 g/mol. The normalized spacial score (nSPS) is 52.1. The molecule has 0 N–H and O–H groups in total. The number of carbonyl (C=O) groups excluding carboxylic acids is 1. The number of carbonyl (C=O) groups is 1. The van der Waals surface area contributed by atoms with Gasteiger partial charge in [-0.25, -0.2) is 0 Å². The van der Waals surface area contributed by atoms with Crippen LogP contribution >= 0.6 is 0 Å². The number of fused-ring (bicyclic) bond motifs is 9. The van der Waals surface area contributed by atoms with E-state index in [-0.39, 0.29) is 17.5 Å². The number of hydrogen-bond acceptors (Lipinski definition) is 3. The highest BCUT2D eigenvalue weighted by Crippen LogP contribution is 2.73. The fourth-order valence-corrected chi connectivity index (χ4v) is 7.00. The van der Waals surface area contributed by atoms with E-state index in [0.717, 1.165) is 29.6 Å². The maximum absolute atomic E-state index is 11.8. The lowest BCUT2D eigenvalue weighted by Crippen LogP contribution is -2.50. The molecule has 0 saturated heterocycles. The van der Waals surface area contributed by atoms with E-state index in [1.165, 1.54) is 20.0 Å². The second-order valence-corrected chi connectivity index (χ2v) is 8.27. The molecule has 4 bridgehead atoms. The van der Waals surface area contributed by atoms with Gasteiger partial charge in [0.15, 0.2) is 0 Å². The molecule has 0 aromatic rings. The average Bonchev–Trinajstić information content (AvgIpc) is 3.24. The molecule has 0 aliphatic heterocycles. The fourth-order valence-electron chi connectivity index (χ4n) is 7.00. The molecule has 4 rings (SSSR count). The predicted molar refractivity (Wildman–Crippen MR) is 84.0 cm³/mol. The minimum absolute atomic E-state index is 0.0194. The quantitative estimate of drug-likeness (QED) is 0.454. The first-order valence-electron chi connectivity index (χ1n) is 8.80. The Morgan fingerprint density at radius 3 is 2.55 bits per heavy atom. The van der Waals surface area contributed by atoms with E-state index >= 15 is 0 Å². The number of hydrogen-bond donors (Lipinski definition) is 0. The van der Waals surface area contributed by atoms with Gasteiger partial charge >= 0.3 is 5.97 Å². The minimum atomic E-state index is -0.146. The molecule has 3 heteroatoms. The van der Waals surface area contributed by atoms with Gasteiger partial charge in [-0.15, -0.1) is 0 Å². The zero-order chi connectivity index (χ0) is 15.6. The third kappa shape index (κ3) is 1.64. The topological polar surface area (TPSA) is 35.5 Å². The summed E-state index contributed by atoms with van der Waals surface area (Å²) >= 11 is 0. The predicted octanol–water partition coefficient (Wildman–Crippen LogP) is 3.29. The number of rotatable bonds is 4. The molecule has 4 aliphatic rings. The fraction of sp³-hybridized carbons (Fsp3) is 0.842. The Bertz CT molecular complexity index is 513. The Kier molecular flexibility index (Phi) is 3.24. The summed E-state index contributed by atoms with van der Waals surface area (Å²) in [6.07, 6.45) is 8.04. The summed E-state index contributed by atoms with van der Waals surface area (Å²) in [7, 11) is 3.23. The van der Waals surface area contributed by atoms with Gasteiger partial charge in [0.05, 0.1) is 19.6 Å². The van der Waals surface area contributed by atoms with Crippen molar-refractivity contribution in [3.8, 4) is 0 Å². The van der Waals surface area contributed by atoms with Crippen molar-refractivity contribution in [3.63, 3.8) is 0 Å². The van der Waals surface area contributed by atoms with Crippen LogP contribution in [0.3, 0.4) is 0 Å². The molecule has 3 fully saturated rings. The Balaban J connectivity index is 1.65. The summed E-state index contributed by atoms with van der Waals surface area (Å²) < 4.78 is 10.8. The van der Waals surface area contributed by atoms with Crippen molar-refractivity contribution >= 4 is 5.97 Å². The summed E-state index contributed by atoms with van der Waals surface area (Å²) in [5.41, 5.74) is 0.104. The molecule has 0 aromatic carbocycles. The van der Waals surface area contributed by atoms with Crippen LogP contribution in [0.5, 0.6) is 0 Å². The van der Waals surface area contributed by atoms with Crippen molar-refractivity contribution in [1.29, 1.82) is 0 Å². The van der Waals surface area contributed by atoms with Crippen LogP contribution in [-0.4, -0.2) is 26.3 Å². The zero-order valence-electron chi connectivity index (χ0n) is 14.1. The van der Waals surface area contributed by atoms with Gasteiger partial charge in [0, 0.05) is 12.5 Å². The highest BCUT2D eigenvalue weighted by atomic mass is 16.5. The van der Waals surface area contributed by atoms with Gasteiger partial charge in [-0.2, -0.15) is 0 Å². The first-order chi connectivity index (χ1) is 10.5. The van der Waals surface area contributed by atoms with Crippen LogP contribution in [0.4, 0.5) is 0 Å². The van der Waals surface area contributed by atoms with Crippen LogP contribution in [0.15, 0.2) is 12.2 Å². The molecule has 0 heterocycles. The number of allylic oxidation sites excluding steroid dienone is 2. The second-order valence-electron chi connectivity index (χ2n) is 8.27. The van der Waals surface area contributed by atoms with Gasteiger partial charge in [-0.3, -0.25) is 4.79 Å². The molecule has 0 amide bonds. The molecular weight excluding hydrogens is 276 g/mol. The van der Waals surface area contributed by atoms with Gasteiger partial charge < -0.3 is 9.47 Å². The molecule has 0 spiro atoms. The highest BCUT2D eigenvalue weighted by molar-refractivity contribution is 5.70. The second kappa shape index (κ2) is 4.83. The molecule has 9 unspecified atom stereocenters. The summed E-state index contributed by atoms with van der Waals surface area (Å²) in [6, 6.07) is 0. The lowest BCUT2D eigenvalue weighted by molar-refractivity contribution is -0.151. The average molecular weight is 304 g/mol. The molecule has 0 aromatic heterocycles. The van der Waals surface area contributed by atoms with Crippen LogP contribution < -0.4 is 0 Å². The van der Waals surface area contributed by atoms with Gasteiger partial charge in [0.1, 0.15) is 0 Å². The SMILES string of the molecule is COC(=O)CC(OC)C1(C)C(C)C2CC1C1C3C=CC(C3)C21. The van der Waals surface area contributed by atoms with E-state index in [1.807, 2.05) is 0 Å². The van der Waals surface area contributed by atoms with Crippen molar-refractivity contribution in [3.05, 3.63) is 12.2 Å². The Morgan fingerprint density at radius 1 is 1.23 bits per heavy atom. The highest BCUT2D eigenvalue weighted by Gasteiger charge is 2.69. The first kappa shape index (κ1) is 14.7. The van der Waals surface area contributed by atoms with Crippen LogP contribution in [0.1, 0.15) is 33.1 Å². The summed E-state index contributed by atoms with van der Waals surface area (Å²) in [4.78, 5) is 11.8. The molecule has 3 nitrogen and oxygen atoms in total. The standard InChI is InChI=1S/C19H28O3/c1-10-13-8-14(18-12-6-5-11(7-12)17(13)18)19(10,2)15(21-3)9-16(20)22-4/h5-6,10-15,17-18H,7-9H2,1-4H3. The molecular formula is C19H28O3. The van der Waals surface area contributed by atoms with Crippen molar-refractivity contribution in [2.45, 2.75) is 39.2 Å².